The average Bonchev–Trinajstić information content (AvgIpc) is 2.04. The maximum absolute atomic E-state index is 11.0. The highest BCUT2D eigenvalue weighted by Gasteiger charge is 2.32. The van der Waals surface area contributed by atoms with Crippen molar-refractivity contribution in [3.63, 3.8) is 0 Å². The van der Waals surface area contributed by atoms with Gasteiger partial charge in [-0.2, -0.15) is 0 Å². The van der Waals surface area contributed by atoms with Crippen LogP contribution >= 0.6 is 0 Å². The van der Waals surface area contributed by atoms with Crippen molar-refractivity contribution in [2.24, 2.45) is 11.8 Å². The molecule has 1 aliphatic carbocycles. The van der Waals surface area contributed by atoms with E-state index in [4.69, 9.17) is 5.11 Å². The Morgan fingerprint density at radius 1 is 1.17 bits per heavy atom. The predicted octanol–water partition coefficient (Wildman–Crippen LogP) is 0.573. The highest BCUT2D eigenvalue weighted by Crippen LogP contribution is 2.30. The molecule has 1 aliphatic rings. The smallest absolute Gasteiger partial charge is 0.307 e. The van der Waals surface area contributed by atoms with Crippen molar-refractivity contribution >= 4 is 26.9 Å². The summed E-state index contributed by atoms with van der Waals surface area (Å²) >= 11 is 2.09. The molecule has 0 saturated heterocycles. The molecular weight excluding hydrogens is 171 g/mol. The molecule has 0 aromatic rings. The van der Waals surface area contributed by atoms with E-state index >= 15 is 0 Å². The first-order chi connectivity index (χ1) is 5.63. The standard InChI is InChI=1S/C8H11O3.Al/c9-5-6-3-1-2-4-7(6)8(10)11;/h6-7H,1-4H2,(H,10,11);. The summed E-state index contributed by atoms with van der Waals surface area (Å²) in [4.78, 5) is 21.7. The number of hydrogen-bond donors (Lipinski definition) is 1. The third-order valence-corrected chi connectivity index (χ3v) is 2.88. The molecule has 0 bridgehead atoms. The molecule has 0 heterocycles. The van der Waals surface area contributed by atoms with Crippen LogP contribution in [0.2, 0.25) is 0 Å². The molecular formula is C8H11AlO3. The maximum Gasteiger partial charge on any atom is 0.307 e. The van der Waals surface area contributed by atoms with Crippen LogP contribution in [0.15, 0.2) is 0 Å². The first-order valence-electron chi connectivity index (χ1n) is 4.15. The van der Waals surface area contributed by atoms with E-state index in [1.165, 1.54) is 0 Å². The van der Waals surface area contributed by atoms with Gasteiger partial charge in [0, 0.05) is 10.6 Å². The zero-order chi connectivity index (χ0) is 9.14. The summed E-state index contributed by atoms with van der Waals surface area (Å²) in [6.45, 7) is 0. The van der Waals surface area contributed by atoms with Gasteiger partial charge in [-0.15, -0.1) is 0 Å². The summed E-state index contributed by atoms with van der Waals surface area (Å²) in [5, 5.41) is 8.80. The van der Waals surface area contributed by atoms with E-state index in [-0.39, 0.29) is 10.6 Å². The predicted molar refractivity (Wildman–Crippen MR) is 43.8 cm³/mol. The van der Waals surface area contributed by atoms with Gasteiger partial charge in [0.1, 0.15) is 0 Å². The van der Waals surface area contributed by atoms with Crippen molar-refractivity contribution in [3.8, 4) is 0 Å². The molecule has 2 unspecified atom stereocenters. The summed E-state index contributed by atoms with van der Waals surface area (Å²) in [7, 11) is 0. The minimum absolute atomic E-state index is 0.0536. The lowest BCUT2D eigenvalue weighted by Gasteiger charge is -2.26. The molecule has 2 atom stereocenters. The van der Waals surface area contributed by atoms with Crippen LogP contribution in [0.1, 0.15) is 25.7 Å². The van der Waals surface area contributed by atoms with Gasteiger partial charge in [0.25, 0.3) is 0 Å². The zero-order valence-electron chi connectivity index (χ0n) is 6.82. The van der Waals surface area contributed by atoms with Gasteiger partial charge in [-0.05, 0) is 12.8 Å². The third-order valence-electron chi connectivity index (χ3n) is 2.45. The lowest BCUT2D eigenvalue weighted by Crippen LogP contribution is -2.32. The molecule has 0 spiro atoms. The molecule has 1 rings (SSSR count). The molecule has 0 aromatic carbocycles. The second-order valence-electron chi connectivity index (χ2n) is 3.24. The van der Waals surface area contributed by atoms with Crippen LogP contribution in [-0.2, 0) is 9.59 Å². The third kappa shape index (κ3) is 2.09. The Labute approximate surface area is 79.6 Å². The number of hydrogen-bond acceptors (Lipinski definition) is 2. The van der Waals surface area contributed by atoms with Gasteiger partial charge >= 0.3 is 5.97 Å². The van der Waals surface area contributed by atoms with E-state index in [0.717, 1.165) is 19.3 Å². The normalized spacial score (nSPS) is 29.7. The number of rotatable bonds is 2. The van der Waals surface area contributed by atoms with Crippen LogP contribution in [0.25, 0.3) is 0 Å². The number of carboxylic acids is 1. The van der Waals surface area contributed by atoms with E-state index in [2.05, 4.69) is 16.3 Å². The Hall–Kier alpha value is -0.328. The van der Waals surface area contributed by atoms with E-state index < -0.39 is 11.9 Å². The number of carboxylic acid groups (broad SMARTS) is 1. The van der Waals surface area contributed by atoms with Crippen LogP contribution in [0.5, 0.6) is 0 Å². The molecule has 2 radical (unpaired) electrons. The lowest BCUT2D eigenvalue weighted by atomic mass is 9.80. The summed E-state index contributed by atoms with van der Waals surface area (Å²) < 4.78 is -0.0536. The van der Waals surface area contributed by atoms with E-state index in [0.29, 0.717) is 6.42 Å². The maximum atomic E-state index is 11.0. The summed E-state index contributed by atoms with van der Waals surface area (Å²) in [6, 6.07) is 0. The van der Waals surface area contributed by atoms with Gasteiger partial charge in [-0.1, -0.05) is 12.8 Å². The fraction of sp³-hybridized carbons (Fsp3) is 0.750. The van der Waals surface area contributed by atoms with Crippen molar-refractivity contribution < 1.29 is 14.7 Å². The fourth-order valence-electron chi connectivity index (χ4n) is 1.77. The van der Waals surface area contributed by atoms with Gasteiger partial charge in [-0.25, -0.2) is 0 Å². The Morgan fingerprint density at radius 2 is 1.67 bits per heavy atom. The molecule has 0 aromatic heterocycles. The molecule has 12 heavy (non-hydrogen) atoms. The SMILES string of the molecule is O=C(O)C1CCCCC1[C](=O)[Al]. The first-order valence-corrected chi connectivity index (χ1v) is 4.73. The van der Waals surface area contributed by atoms with Crippen molar-refractivity contribution in [2.75, 3.05) is 0 Å². The van der Waals surface area contributed by atoms with Crippen molar-refractivity contribution in [2.45, 2.75) is 25.7 Å². The quantitative estimate of drug-likeness (QED) is 0.635. The monoisotopic (exact) mass is 182 g/mol. The van der Waals surface area contributed by atoms with E-state index in [1.54, 1.807) is 0 Å². The highest BCUT2D eigenvalue weighted by atomic mass is 27.0. The molecule has 3 nitrogen and oxygen atoms in total. The number of carbonyl (C=O) groups excluding carboxylic acids is 1. The van der Waals surface area contributed by atoms with E-state index in [1.807, 2.05) is 0 Å². The minimum atomic E-state index is -0.824. The van der Waals surface area contributed by atoms with Gasteiger partial charge in [0.15, 0.2) is 0 Å². The average molecular weight is 182 g/mol. The van der Waals surface area contributed by atoms with Crippen LogP contribution in [-0.4, -0.2) is 32.0 Å². The Morgan fingerprint density at radius 3 is 2.00 bits per heavy atom. The molecule has 1 fully saturated rings. The lowest BCUT2D eigenvalue weighted by molar-refractivity contribution is -0.147. The number of carbonyl (C=O) groups is 2. The molecule has 0 aliphatic heterocycles. The Kier molecular flexibility index (Phi) is 3.31. The van der Waals surface area contributed by atoms with Crippen LogP contribution in [0.4, 0.5) is 0 Å². The summed E-state index contributed by atoms with van der Waals surface area (Å²) in [6.07, 6.45) is 3.31. The van der Waals surface area contributed by atoms with Crippen molar-refractivity contribution in [3.05, 3.63) is 0 Å². The highest BCUT2D eigenvalue weighted by molar-refractivity contribution is 6.58. The molecule has 64 valence electrons. The second-order valence-corrected chi connectivity index (χ2v) is 3.81. The Bertz CT molecular complexity index is 180. The molecule has 4 heteroatoms. The molecule has 1 N–H and O–H groups in total. The van der Waals surface area contributed by atoms with Crippen LogP contribution in [0.3, 0.4) is 0 Å². The summed E-state index contributed by atoms with van der Waals surface area (Å²) in [5.41, 5.74) is 0. The van der Waals surface area contributed by atoms with Crippen LogP contribution in [0, 0.1) is 11.8 Å². The van der Waals surface area contributed by atoms with Crippen molar-refractivity contribution in [1.29, 1.82) is 0 Å². The largest absolute Gasteiger partial charge is 0.481 e. The van der Waals surface area contributed by atoms with E-state index in [9.17, 15) is 9.59 Å². The zero-order valence-corrected chi connectivity index (χ0v) is 7.98. The Balaban J connectivity index is 2.67. The fourth-order valence-corrected chi connectivity index (χ4v) is 2.17. The number of aliphatic carboxylic acids is 1. The van der Waals surface area contributed by atoms with Gasteiger partial charge < -0.3 is 9.90 Å². The second kappa shape index (κ2) is 4.07. The van der Waals surface area contributed by atoms with Gasteiger partial charge in [-0.3, -0.25) is 4.79 Å². The summed E-state index contributed by atoms with van der Waals surface area (Å²) in [5.74, 6) is -1.53. The van der Waals surface area contributed by atoms with Crippen molar-refractivity contribution in [1.82, 2.24) is 0 Å². The molecule has 0 amide bonds. The van der Waals surface area contributed by atoms with Gasteiger partial charge in [0.05, 0.1) is 5.92 Å². The topological polar surface area (TPSA) is 54.4 Å². The van der Waals surface area contributed by atoms with Gasteiger partial charge in [0.2, 0.25) is 16.3 Å². The van der Waals surface area contributed by atoms with Crippen LogP contribution < -0.4 is 0 Å². The minimum Gasteiger partial charge on any atom is -0.481 e. The first kappa shape index (κ1) is 9.76. The molecule has 1 saturated carbocycles.